The number of hydrogen-bond acceptors (Lipinski definition) is 4. The number of amides is 2. The van der Waals surface area contributed by atoms with Gasteiger partial charge in [0.2, 0.25) is 5.91 Å². The highest BCUT2D eigenvalue weighted by Crippen LogP contribution is 2.29. The Kier molecular flexibility index (Phi) is 7.13. The molecule has 36 heavy (non-hydrogen) atoms. The van der Waals surface area contributed by atoms with Crippen LogP contribution in [0.25, 0.3) is 0 Å². The fraction of sp³-hybridized carbons (Fsp3) is 0.393. The van der Waals surface area contributed by atoms with Crippen molar-refractivity contribution in [1.29, 1.82) is 0 Å². The summed E-state index contributed by atoms with van der Waals surface area (Å²) in [6.45, 7) is 4.54. The molecule has 0 spiro atoms. The standard InChI is InChI=1S/C28H31FN4O3/c1-19(20-5-3-2-4-6-20)15-30-27(34)22-11-13-32(14-12-22)28(35)26-24-17-36-25(16-33(24)18-31-26)21-7-9-23(29)10-8-21/h2-10,18-19,22,25H,11-17H2,1H3,(H,30,34)/t19-,25+/m1/s1. The summed E-state index contributed by atoms with van der Waals surface area (Å²) in [6.07, 6.45) is 2.73. The van der Waals surface area contributed by atoms with Crippen molar-refractivity contribution in [3.8, 4) is 0 Å². The predicted octanol–water partition coefficient (Wildman–Crippen LogP) is 4.07. The largest absolute Gasteiger partial charge is 0.365 e. The van der Waals surface area contributed by atoms with Crippen LogP contribution in [0, 0.1) is 11.7 Å². The minimum atomic E-state index is -0.284. The average Bonchev–Trinajstić information content (AvgIpc) is 3.35. The van der Waals surface area contributed by atoms with E-state index in [9.17, 15) is 14.0 Å². The second-order valence-corrected chi connectivity index (χ2v) is 9.67. The normalized spacial score (nSPS) is 18.9. The minimum absolute atomic E-state index is 0.0597. The van der Waals surface area contributed by atoms with Crippen molar-refractivity contribution in [2.45, 2.75) is 44.9 Å². The van der Waals surface area contributed by atoms with Crippen LogP contribution in [0.5, 0.6) is 0 Å². The Morgan fingerprint density at radius 1 is 1.11 bits per heavy atom. The van der Waals surface area contributed by atoms with Crippen LogP contribution in [0.15, 0.2) is 60.9 Å². The Balaban J connectivity index is 1.13. The summed E-state index contributed by atoms with van der Waals surface area (Å²) in [5.74, 6) is -0.191. The van der Waals surface area contributed by atoms with E-state index in [1.165, 1.54) is 17.7 Å². The number of hydrogen-bond donors (Lipinski definition) is 1. The number of nitrogens with zero attached hydrogens (tertiary/aromatic N) is 3. The summed E-state index contributed by atoms with van der Waals surface area (Å²) in [5, 5.41) is 3.09. The Morgan fingerprint density at radius 2 is 1.83 bits per heavy atom. The van der Waals surface area contributed by atoms with Gasteiger partial charge in [-0.15, -0.1) is 0 Å². The summed E-state index contributed by atoms with van der Waals surface area (Å²) in [6, 6.07) is 16.4. The lowest BCUT2D eigenvalue weighted by molar-refractivity contribution is -0.126. The zero-order valence-corrected chi connectivity index (χ0v) is 20.4. The first kappa shape index (κ1) is 24.2. The van der Waals surface area contributed by atoms with Gasteiger partial charge in [0.1, 0.15) is 11.9 Å². The van der Waals surface area contributed by atoms with E-state index >= 15 is 0 Å². The van der Waals surface area contributed by atoms with Gasteiger partial charge in [0.05, 0.1) is 25.2 Å². The topological polar surface area (TPSA) is 76.5 Å². The van der Waals surface area contributed by atoms with E-state index in [1.54, 1.807) is 23.4 Å². The molecule has 7 nitrogen and oxygen atoms in total. The quantitative estimate of drug-likeness (QED) is 0.565. The Labute approximate surface area is 210 Å². The van der Waals surface area contributed by atoms with Crippen LogP contribution in [0.1, 0.15) is 59.1 Å². The van der Waals surface area contributed by atoms with Crippen LogP contribution in [0.2, 0.25) is 0 Å². The van der Waals surface area contributed by atoms with Crippen LogP contribution < -0.4 is 5.32 Å². The zero-order valence-electron chi connectivity index (χ0n) is 20.4. The molecule has 0 unspecified atom stereocenters. The molecule has 2 amide bonds. The third kappa shape index (κ3) is 5.18. The highest BCUT2D eigenvalue weighted by Gasteiger charge is 2.32. The molecule has 1 saturated heterocycles. The maximum atomic E-state index is 13.2. The Morgan fingerprint density at radius 3 is 2.56 bits per heavy atom. The monoisotopic (exact) mass is 490 g/mol. The van der Waals surface area contributed by atoms with Gasteiger partial charge in [-0.3, -0.25) is 9.59 Å². The number of piperidine rings is 1. The molecule has 5 rings (SSSR count). The fourth-order valence-electron chi connectivity index (χ4n) is 4.98. The van der Waals surface area contributed by atoms with Gasteiger partial charge in [-0.05, 0) is 42.0 Å². The van der Waals surface area contributed by atoms with Gasteiger partial charge < -0.3 is 19.5 Å². The molecule has 2 aromatic carbocycles. The Hall–Kier alpha value is -3.52. The summed E-state index contributed by atoms with van der Waals surface area (Å²) in [4.78, 5) is 32.1. The first-order chi connectivity index (χ1) is 17.5. The number of imidazole rings is 1. The third-order valence-electron chi connectivity index (χ3n) is 7.28. The summed E-state index contributed by atoms with van der Waals surface area (Å²) in [7, 11) is 0. The first-order valence-corrected chi connectivity index (χ1v) is 12.5. The molecule has 188 valence electrons. The van der Waals surface area contributed by atoms with E-state index in [0.717, 1.165) is 11.3 Å². The van der Waals surface area contributed by atoms with Gasteiger partial charge in [0.25, 0.3) is 5.91 Å². The number of carbonyl (C=O) groups is 2. The van der Waals surface area contributed by atoms with E-state index in [2.05, 4.69) is 29.4 Å². The van der Waals surface area contributed by atoms with Crippen LogP contribution in [0.3, 0.4) is 0 Å². The van der Waals surface area contributed by atoms with Crippen LogP contribution in [0.4, 0.5) is 4.39 Å². The average molecular weight is 491 g/mol. The van der Waals surface area contributed by atoms with Crippen LogP contribution in [-0.4, -0.2) is 45.9 Å². The molecule has 3 aromatic rings. The minimum Gasteiger partial charge on any atom is -0.365 e. The van der Waals surface area contributed by atoms with Gasteiger partial charge in [0.15, 0.2) is 5.69 Å². The van der Waals surface area contributed by atoms with Gasteiger partial charge in [-0.25, -0.2) is 9.37 Å². The number of benzene rings is 2. The van der Waals surface area contributed by atoms with Crippen molar-refractivity contribution in [1.82, 2.24) is 19.8 Å². The number of ether oxygens (including phenoxy) is 1. The van der Waals surface area contributed by atoms with Crippen LogP contribution >= 0.6 is 0 Å². The smallest absolute Gasteiger partial charge is 0.274 e. The molecule has 0 aliphatic carbocycles. The second kappa shape index (κ2) is 10.6. The molecule has 1 N–H and O–H groups in total. The highest BCUT2D eigenvalue weighted by atomic mass is 19.1. The lowest BCUT2D eigenvalue weighted by atomic mass is 9.95. The Bertz CT molecular complexity index is 1200. The number of halogens is 1. The van der Waals surface area contributed by atoms with Crippen molar-refractivity contribution in [2.75, 3.05) is 19.6 Å². The zero-order chi connectivity index (χ0) is 25.1. The van der Waals surface area contributed by atoms with E-state index in [4.69, 9.17) is 4.74 Å². The molecule has 8 heteroatoms. The molecule has 3 heterocycles. The lowest BCUT2D eigenvalue weighted by Crippen LogP contribution is -2.44. The fourth-order valence-corrected chi connectivity index (χ4v) is 4.98. The number of aromatic nitrogens is 2. The highest BCUT2D eigenvalue weighted by molar-refractivity contribution is 5.93. The van der Waals surface area contributed by atoms with E-state index < -0.39 is 0 Å². The number of carbonyl (C=O) groups excluding carboxylic acids is 2. The van der Waals surface area contributed by atoms with E-state index in [0.29, 0.717) is 44.7 Å². The molecular formula is C28H31FN4O3. The second-order valence-electron chi connectivity index (χ2n) is 9.67. The first-order valence-electron chi connectivity index (χ1n) is 12.5. The molecule has 0 saturated carbocycles. The van der Waals surface area contributed by atoms with Gasteiger partial charge >= 0.3 is 0 Å². The summed E-state index contributed by atoms with van der Waals surface area (Å²) < 4.78 is 21.2. The molecule has 0 radical (unpaired) electrons. The number of rotatable bonds is 6. The van der Waals surface area contributed by atoms with Crippen molar-refractivity contribution >= 4 is 11.8 Å². The van der Waals surface area contributed by atoms with E-state index in [1.807, 2.05) is 22.8 Å². The molecule has 0 bridgehead atoms. The lowest BCUT2D eigenvalue weighted by Gasteiger charge is -2.32. The van der Waals surface area contributed by atoms with Crippen molar-refractivity contribution in [3.63, 3.8) is 0 Å². The van der Waals surface area contributed by atoms with Crippen molar-refractivity contribution in [2.24, 2.45) is 5.92 Å². The number of likely N-dealkylation sites (tertiary alicyclic amines) is 1. The third-order valence-corrected chi connectivity index (χ3v) is 7.28. The SMILES string of the molecule is C[C@H](CNC(=O)C1CCN(C(=O)c2ncn3c2CO[C@H](c2ccc(F)cc2)C3)CC1)c1ccccc1. The molecule has 2 aliphatic rings. The maximum Gasteiger partial charge on any atom is 0.274 e. The van der Waals surface area contributed by atoms with E-state index in [-0.39, 0.29) is 42.2 Å². The summed E-state index contributed by atoms with van der Waals surface area (Å²) in [5.41, 5.74) is 3.26. The van der Waals surface area contributed by atoms with Gasteiger partial charge in [-0.1, -0.05) is 49.4 Å². The van der Waals surface area contributed by atoms with Gasteiger partial charge in [0, 0.05) is 25.6 Å². The molecule has 1 aromatic heterocycles. The molecule has 2 aliphatic heterocycles. The molecular weight excluding hydrogens is 459 g/mol. The maximum absolute atomic E-state index is 13.2. The van der Waals surface area contributed by atoms with Gasteiger partial charge in [-0.2, -0.15) is 0 Å². The number of nitrogens with one attached hydrogen (secondary N) is 1. The molecule has 2 atom stereocenters. The molecule has 1 fully saturated rings. The van der Waals surface area contributed by atoms with Crippen molar-refractivity contribution in [3.05, 3.63) is 89.3 Å². The number of fused-ring (bicyclic) bond motifs is 1. The summed E-state index contributed by atoms with van der Waals surface area (Å²) >= 11 is 0. The predicted molar refractivity (Wildman–Crippen MR) is 133 cm³/mol. The van der Waals surface area contributed by atoms with Crippen LogP contribution in [-0.2, 0) is 22.7 Å². The van der Waals surface area contributed by atoms with Crippen molar-refractivity contribution < 1.29 is 18.7 Å².